The third-order valence-electron chi connectivity index (χ3n) is 5.87. The smallest absolute Gasteiger partial charge is 0.251 e. The van der Waals surface area contributed by atoms with Crippen LogP contribution in [-0.2, 0) is 21.2 Å². The number of hydrogen-bond acceptors (Lipinski definition) is 6. The number of nitrogens with zero attached hydrogens (tertiary/aromatic N) is 4. The Morgan fingerprint density at radius 1 is 1.03 bits per heavy atom. The van der Waals surface area contributed by atoms with Gasteiger partial charge < -0.3 is 4.98 Å². The largest absolute Gasteiger partial charge is 0.338 e. The number of carbonyl (C=O) groups excluding carboxylic acids is 1. The van der Waals surface area contributed by atoms with Crippen molar-refractivity contribution in [3.05, 3.63) is 54.1 Å². The molecule has 4 aromatic rings. The predicted molar refractivity (Wildman–Crippen MR) is 125 cm³/mol. The van der Waals surface area contributed by atoms with E-state index in [-0.39, 0.29) is 16.8 Å². The van der Waals surface area contributed by atoms with Gasteiger partial charge in [0.05, 0.1) is 4.90 Å². The number of sulfonamides is 1. The van der Waals surface area contributed by atoms with E-state index in [4.69, 9.17) is 0 Å². The second-order valence-electron chi connectivity index (χ2n) is 8.16. The van der Waals surface area contributed by atoms with Gasteiger partial charge in [0, 0.05) is 30.4 Å². The highest BCUT2D eigenvalue weighted by Gasteiger charge is 2.26. The highest BCUT2D eigenvalue weighted by atomic mass is 32.2. The summed E-state index contributed by atoms with van der Waals surface area (Å²) in [5.41, 5.74) is 2.68. The van der Waals surface area contributed by atoms with Crippen molar-refractivity contribution in [3.63, 3.8) is 0 Å². The Hall–Kier alpha value is -3.37. The summed E-state index contributed by atoms with van der Waals surface area (Å²) in [6, 6.07) is 14.7. The first-order valence-corrected chi connectivity index (χ1v) is 12.4. The first-order valence-electron chi connectivity index (χ1n) is 11.0. The van der Waals surface area contributed by atoms with Crippen molar-refractivity contribution < 1.29 is 13.2 Å². The molecule has 2 aromatic carbocycles. The third-order valence-corrected chi connectivity index (χ3v) is 7.77. The van der Waals surface area contributed by atoms with Crippen LogP contribution in [0.4, 0.5) is 5.95 Å². The number of aromatic amines is 1. The van der Waals surface area contributed by atoms with Crippen molar-refractivity contribution in [1.29, 1.82) is 0 Å². The lowest BCUT2D eigenvalue weighted by Crippen LogP contribution is -2.35. The topological polar surface area (TPSA) is 121 Å². The van der Waals surface area contributed by atoms with Gasteiger partial charge in [0.2, 0.25) is 15.9 Å². The molecule has 1 aliphatic heterocycles. The lowest BCUT2D eigenvalue weighted by atomic mass is 10.1. The maximum atomic E-state index is 13.0. The number of aryl methyl sites for hydroxylation is 1. The van der Waals surface area contributed by atoms with Crippen molar-refractivity contribution in [2.75, 3.05) is 18.4 Å². The summed E-state index contributed by atoms with van der Waals surface area (Å²) in [5, 5.41) is 11.6. The van der Waals surface area contributed by atoms with Crippen molar-refractivity contribution in [1.82, 2.24) is 24.5 Å². The molecular weight excluding hydrogens is 440 g/mol. The molecule has 33 heavy (non-hydrogen) atoms. The van der Waals surface area contributed by atoms with E-state index in [1.807, 2.05) is 30.3 Å². The van der Waals surface area contributed by atoms with Gasteiger partial charge in [-0.1, -0.05) is 36.8 Å². The molecule has 0 bridgehead atoms. The molecule has 10 heteroatoms. The Morgan fingerprint density at radius 2 is 1.82 bits per heavy atom. The van der Waals surface area contributed by atoms with Gasteiger partial charge in [0.1, 0.15) is 5.52 Å². The van der Waals surface area contributed by atoms with E-state index in [0.717, 1.165) is 24.8 Å². The summed E-state index contributed by atoms with van der Waals surface area (Å²) < 4.78 is 27.6. The molecule has 0 radical (unpaired) electrons. The summed E-state index contributed by atoms with van der Waals surface area (Å²) in [4.78, 5) is 20.0. The normalized spacial score (nSPS) is 15.2. The van der Waals surface area contributed by atoms with Crippen LogP contribution in [0.5, 0.6) is 0 Å². The molecule has 3 heterocycles. The number of benzene rings is 2. The summed E-state index contributed by atoms with van der Waals surface area (Å²) in [6.45, 7) is 1.09. The Balaban J connectivity index is 1.36. The van der Waals surface area contributed by atoms with Crippen LogP contribution in [0.25, 0.3) is 22.1 Å². The average Bonchev–Trinajstić information content (AvgIpc) is 3.21. The molecule has 1 amide bonds. The van der Waals surface area contributed by atoms with Gasteiger partial charge in [0.15, 0.2) is 5.65 Å². The predicted octanol–water partition coefficient (Wildman–Crippen LogP) is 3.25. The Kier molecular flexibility index (Phi) is 5.77. The standard InChI is InChI=1S/C23H24N6O3S/c30-20(12-9-16-7-3-1-4-8-16)25-23-26-22-21(27-28-23)18-15-17(10-11-19(18)24-22)33(31,32)29-13-5-2-6-14-29/h1,3-4,7-8,10-11,15H,2,5-6,9,12-14H2,(H2,24,25,26,28,30). The fourth-order valence-electron chi connectivity index (χ4n) is 4.11. The van der Waals surface area contributed by atoms with Crippen molar-refractivity contribution in [2.24, 2.45) is 0 Å². The average molecular weight is 465 g/mol. The number of hydrogen-bond donors (Lipinski definition) is 2. The number of nitrogens with one attached hydrogen (secondary N) is 2. The van der Waals surface area contributed by atoms with E-state index in [1.54, 1.807) is 22.5 Å². The molecule has 0 atom stereocenters. The molecule has 0 unspecified atom stereocenters. The molecule has 1 saturated heterocycles. The van der Waals surface area contributed by atoms with Crippen LogP contribution in [0.15, 0.2) is 53.4 Å². The zero-order valence-corrected chi connectivity index (χ0v) is 18.8. The minimum atomic E-state index is -3.56. The van der Waals surface area contributed by atoms with E-state index < -0.39 is 10.0 Å². The molecule has 0 aliphatic carbocycles. The van der Waals surface area contributed by atoms with Crippen LogP contribution in [0.2, 0.25) is 0 Å². The number of rotatable bonds is 6. The minimum absolute atomic E-state index is 0.105. The van der Waals surface area contributed by atoms with Crippen molar-refractivity contribution in [3.8, 4) is 0 Å². The molecule has 2 N–H and O–H groups in total. The van der Waals surface area contributed by atoms with E-state index in [9.17, 15) is 13.2 Å². The highest BCUT2D eigenvalue weighted by Crippen LogP contribution is 2.28. The molecule has 2 aromatic heterocycles. The van der Waals surface area contributed by atoms with Gasteiger partial charge in [-0.3, -0.25) is 10.1 Å². The summed E-state index contributed by atoms with van der Waals surface area (Å²) in [6.07, 6.45) is 3.73. The van der Waals surface area contributed by atoms with Gasteiger partial charge in [-0.25, -0.2) is 8.42 Å². The molecule has 0 saturated carbocycles. The second-order valence-corrected chi connectivity index (χ2v) is 10.1. The van der Waals surface area contributed by atoms with Gasteiger partial charge in [-0.2, -0.15) is 9.29 Å². The molecule has 5 rings (SSSR count). The Bertz CT molecular complexity index is 1410. The molecule has 1 fully saturated rings. The number of aromatic nitrogens is 4. The third kappa shape index (κ3) is 4.44. The van der Waals surface area contributed by atoms with Crippen LogP contribution in [0.3, 0.4) is 0 Å². The van der Waals surface area contributed by atoms with Gasteiger partial charge in [-0.05, 0) is 43.0 Å². The van der Waals surface area contributed by atoms with Gasteiger partial charge in [0.25, 0.3) is 5.95 Å². The minimum Gasteiger partial charge on any atom is -0.338 e. The molecule has 9 nitrogen and oxygen atoms in total. The molecule has 0 spiro atoms. The van der Waals surface area contributed by atoms with Crippen LogP contribution >= 0.6 is 0 Å². The van der Waals surface area contributed by atoms with Crippen LogP contribution in [-0.4, -0.2) is 51.9 Å². The number of amides is 1. The number of fused-ring (bicyclic) bond motifs is 3. The maximum absolute atomic E-state index is 13.0. The zero-order valence-electron chi connectivity index (χ0n) is 18.0. The van der Waals surface area contributed by atoms with Crippen LogP contribution < -0.4 is 5.32 Å². The Morgan fingerprint density at radius 3 is 2.61 bits per heavy atom. The number of carbonyl (C=O) groups is 1. The molecule has 170 valence electrons. The summed E-state index contributed by atoms with van der Waals surface area (Å²) in [5.74, 6) is -0.0979. The van der Waals surface area contributed by atoms with E-state index in [0.29, 0.717) is 48.0 Å². The fraction of sp³-hybridized carbons (Fsp3) is 0.304. The van der Waals surface area contributed by atoms with Crippen LogP contribution in [0, 0.1) is 0 Å². The van der Waals surface area contributed by atoms with Crippen LogP contribution in [0.1, 0.15) is 31.2 Å². The second kappa shape index (κ2) is 8.87. The highest BCUT2D eigenvalue weighted by molar-refractivity contribution is 7.89. The Labute approximate surface area is 191 Å². The number of H-pyrrole nitrogens is 1. The van der Waals surface area contributed by atoms with Gasteiger partial charge >= 0.3 is 0 Å². The monoisotopic (exact) mass is 464 g/mol. The summed E-state index contributed by atoms with van der Waals surface area (Å²) >= 11 is 0. The lowest BCUT2D eigenvalue weighted by Gasteiger charge is -2.25. The number of piperidine rings is 1. The molecule has 1 aliphatic rings. The SMILES string of the molecule is O=C(CCc1ccccc1)Nc1nnc2c(n1)[nH]c1ccc(S(=O)(=O)N3CCCCC3)cc12. The van der Waals surface area contributed by atoms with E-state index in [2.05, 4.69) is 25.5 Å². The van der Waals surface area contributed by atoms with E-state index in [1.165, 1.54) is 0 Å². The van der Waals surface area contributed by atoms with Crippen molar-refractivity contribution in [2.45, 2.75) is 37.0 Å². The quantitative estimate of drug-likeness (QED) is 0.452. The van der Waals surface area contributed by atoms with Crippen molar-refractivity contribution >= 4 is 43.9 Å². The molecular formula is C23H24N6O3S. The zero-order chi connectivity index (χ0) is 22.8. The van der Waals surface area contributed by atoms with Gasteiger partial charge in [-0.15, -0.1) is 10.2 Å². The maximum Gasteiger partial charge on any atom is 0.251 e. The van der Waals surface area contributed by atoms with E-state index >= 15 is 0 Å². The lowest BCUT2D eigenvalue weighted by molar-refractivity contribution is -0.116. The summed E-state index contributed by atoms with van der Waals surface area (Å²) in [7, 11) is -3.56. The first-order chi connectivity index (χ1) is 16.0. The number of anilines is 1. The first kappa shape index (κ1) is 21.5. The fourth-order valence-corrected chi connectivity index (χ4v) is 5.65.